The molecular formula is C19H15N5O4S. The lowest BCUT2D eigenvalue weighted by atomic mass is 10.1. The number of carboxylic acids is 1. The third-order valence-electron chi connectivity index (χ3n) is 4.36. The Bertz CT molecular complexity index is 1330. The number of carboxylic acid groups (broad SMARTS) is 1. The van der Waals surface area contributed by atoms with Gasteiger partial charge < -0.3 is 10.4 Å². The average molecular weight is 409 g/mol. The van der Waals surface area contributed by atoms with Crippen LogP contribution in [0.25, 0.3) is 16.4 Å². The summed E-state index contributed by atoms with van der Waals surface area (Å²) < 4.78 is 1.51. The summed E-state index contributed by atoms with van der Waals surface area (Å²) in [5, 5.41) is 16.3. The van der Waals surface area contributed by atoms with Crippen molar-refractivity contribution in [2.24, 2.45) is 0 Å². The number of H-pyrrole nitrogens is 1. The van der Waals surface area contributed by atoms with Gasteiger partial charge in [-0.2, -0.15) is 0 Å². The van der Waals surface area contributed by atoms with Crippen molar-refractivity contribution < 1.29 is 14.7 Å². The van der Waals surface area contributed by atoms with E-state index in [9.17, 15) is 14.4 Å². The fraction of sp³-hybridized carbons (Fsp3) is 0.105. The number of nitrogens with zero attached hydrogens (tertiary/aromatic N) is 3. The van der Waals surface area contributed by atoms with Crippen molar-refractivity contribution in [1.82, 2.24) is 24.9 Å². The van der Waals surface area contributed by atoms with Gasteiger partial charge in [0.1, 0.15) is 23.5 Å². The molecule has 1 aromatic carbocycles. The molecular weight excluding hydrogens is 394 g/mol. The number of aryl methyl sites for hydroxylation is 1. The minimum atomic E-state index is -1.21. The number of fused-ring (bicyclic) bond motifs is 2. The highest BCUT2D eigenvalue weighted by Crippen LogP contribution is 2.33. The number of aromatic amines is 1. The molecule has 0 spiro atoms. The quantitative estimate of drug-likeness (QED) is 0.459. The zero-order valence-corrected chi connectivity index (χ0v) is 16.0. The highest BCUT2D eigenvalue weighted by Gasteiger charge is 2.20. The number of carbonyl (C=O) groups excluding carboxylic acids is 1. The summed E-state index contributed by atoms with van der Waals surface area (Å²) in [5.74, 6) is -2.00. The first kappa shape index (κ1) is 18.7. The van der Waals surface area contributed by atoms with E-state index in [4.69, 9.17) is 5.11 Å². The number of nitrogens with one attached hydrogen (secondary N) is 2. The van der Waals surface area contributed by atoms with Crippen LogP contribution in [0.15, 0.2) is 57.7 Å². The molecule has 0 aliphatic heterocycles. The maximum absolute atomic E-state index is 12.6. The smallest absolute Gasteiger partial charge is 0.322 e. The van der Waals surface area contributed by atoms with Gasteiger partial charge in [-0.25, -0.2) is 9.50 Å². The van der Waals surface area contributed by atoms with Crippen molar-refractivity contribution in [2.45, 2.75) is 16.8 Å². The van der Waals surface area contributed by atoms with Crippen molar-refractivity contribution in [1.29, 1.82) is 0 Å². The van der Waals surface area contributed by atoms with Crippen LogP contribution in [0, 0.1) is 6.92 Å². The van der Waals surface area contributed by atoms with Crippen LogP contribution < -0.4 is 10.7 Å². The fourth-order valence-electron chi connectivity index (χ4n) is 3.01. The van der Waals surface area contributed by atoms with Gasteiger partial charge in [0, 0.05) is 28.7 Å². The second kappa shape index (κ2) is 7.40. The SMILES string of the molecule is Cc1cccc2c(Sc3cc(=O)c(C(=O)NCC(=O)O)c4nc[nH]n34)cncc12. The predicted molar refractivity (Wildman–Crippen MR) is 106 cm³/mol. The Balaban J connectivity index is 1.79. The summed E-state index contributed by atoms with van der Waals surface area (Å²) in [4.78, 5) is 44.9. The fourth-order valence-corrected chi connectivity index (χ4v) is 4.04. The first-order valence-electron chi connectivity index (χ1n) is 8.56. The van der Waals surface area contributed by atoms with Crippen LogP contribution in [-0.4, -0.2) is 43.1 Å². The zero-order chi connectivity index (χ0) is 20.5. The Labute approximate surface area is 167 Å². The molecule has 3 N–H and O–H groups in total. The molecule has 0 aliphatic rings. The van der Waals surface area contributed by atoms with Crippen LogP contribution in [0.5, 0.6) is 0 Å². The standard InChI is InChI=1S/C19H15N5O4S/c1-10-3-2-4-11-12(10)6-20-7-14(11)29-15-5-13(25)17(18-22-9-23-24(15)18)19(28)21-8-16(26)27/h2-7,9H,8H2,1H3,(H,21,28)(H,22,23)(H,26,27). The van der Waals surface area contributed by atoms with E-state index in [1.165, 1.54) is 28.7 Å². The second-order valence-corrected chi connectivity index (χ2v) is 7.32. The Morgan fingerprint density at radius 2 is 2.10 bits per heavy atom. The van der Waals surface area contributed by atoms with Gasteiger partial charge in [0.25, 0.3) is 5.91 Å². The molecule has 9 nitrogen and oxygen atoms in total. The maximum atomic E-state index is 12.6. The van der Waals surface area contributed by atoms with Gasteiger partial charge in [-0.15, -0.1) is 0 Å². The molecule has 0 fully saturated rings. The molecule has 146 valence electrons. The van der Waals surface area contributed by atoms with Crippen molar-refractivity contribution in [3.8, 4) is 0 Å². The third-order valence-corrected chi connectivity index (χ3v) is 5.41. The molecule has 0 atom stereocenters. The molecule has 29 heavy (non-hydrogen) atoms. The van der Waals surface area contributed by atoms with Crippen molar-refractivity contribution in [2.75, 3.05) is 6.54 Å². The van der Waals surface area contributed by atoms with Gasteiger partial charge in [0.2, 0.25) is 0 Å². The number of rotatable bonds is 5. The van der Waals surface area contributed by atoms with Crippen LogP contribution >= 0.6 is 11.8 Å². The van der Waals surface area contributed by atoms with Gasteiger partial charge in [-0.1, -0.05) is 30.0 Å². The van der Waals surface area contributed by atoms with E-state index in [0.29, 0.717) is 5.03 Å². The van der Waals surface area contributed by atoms with E-state index in [-0.39, 0.29) is 11.2 Å². The minimum absolute atomic E-state index is 0.118. The molecule has 0 unspecified atom stereocenters. The Kier molecular flexibility index (Phi) is 4.77. The van der Waals surface area contributed by atoms with Gasteiger partial charge in [0.15, 0.2) is 11.1 Å². The van der Waals surface area contributed by atoms with Crippen LogP contribution in [0.4, 0.5) is 0 Å². The summed E-state index contributed by atoms with van der Waals surface area (Å²) in [7, 11) is 0. The minimum Gasteiger partial charge on any atom is -0.480 e. The number of amides is 1. The molecule has 3 aromatic heterocycles. The van der Waals surface area contributed by atoms with Crippen LogP contribution in [0.1, 0.15) is 15.9 Å². The molecule has 3 heterocycles. The molecule has 0 radical (unpaired) electrons. The Morgan fingerprint density at radius 3 is 2.90 bits per heavy atom. The van der Waals surface area contributed by atoms with E-state index in [1.54, 1.807) is 12.4 Å². The summed E-state index contributed by atoms with van der Waals surface area (Å²) in [6.07, 6.45) is 4.87. The Morgan fingerprint density at radius 1 is 1.28 bits per heavy atom. The molecule has 0 aliphatic carbocycles. The van der Waals surface area contributed by atoms with Gasteiger partial charge in [-0.3, -0.25) is 24.5 Å². The monoisotopic (exact) mass is 409 g/mol. The summed E-state index contributed by atoms with van der Waals surface area (Å²) in [6.45, 7) is 1.41. The highest BCUT2D eigenvalue weighted by molar-refractivity contribution is 7.99. The number of aliphatic carboxylic acids is 1. The van der Waals surface area contributed by atoms with Gasteiger partial charge in [-0.05, 0) is 17.9 Å². The van der Waals surface area contributed by atoms with E-state index >= 15 is 0 Å². The molecule has 0 saturated heterocycles. The number of hydrogen-bond acceptors (Lipinski definition) is 6. The summed E-state index contributed by atoms with van der Waals surface area (Å²) >= 11 is 1.32. The average Bonchev–Trinajstić information content (AvgIpc) is 3.17. The van der Waals surface area contributed by atoms with Crippen molar-refractivity contribution in [3.63, 3.8) is 0 Å². The van der Waals surface area contributed by atoms with Crippen LogP contribution in [-0.2, 0) is 4.79 Å². The predicted octanol–water partition coefficient (Wildman–Crippen LogP) is 1.84. The number of hydrogen-bond donors (Lipinski definition) is 3. The molecule has 0 bridgehead atoms. The van der Waals surface area contributed by atoms with E-state index in [1.807, 2.05) is 25.1 Å². The van der Waals surface area contributed by atoms with Gasteiger partial charge >= 0.3 is 5.97 Å². The normalized spacial score (nSPS) is 11.1. The third kappa shape index (κ3) is 3.45. The lowest BCUT2D eigenvalue weighted by molar-refractivity contribution is -0.135. The number of benzene rings is 1. The lowest BCUT2D eigenvalue weighted by Gasteiger charge is -2.10. The van der Waals surface area contributed by atoms with Crippen LogP contribution in [0.2, 0.25) is 0 Å². The van der Waals surface area contributed by atoms with Gasteiger partial charge in [0.05, 0.1) is 0 Å². The van der Waals surface area contributed by atoms with E-state index < -0.39 is 23.9 Å². The van der Waals surface area contributed by atoms with E-state index in [2.05, 4.69) is 20.4 Å². The number of carbonyl (C=O) groups is 2. The first-order chi connectivity index (χ1) is 14.0. The molecule has 4 aromatic rings. The van der Waals surface area contributed by atoms with Crippen molar-refractivity contribution in [3.05, 3.63) is 64.3 Å². The first-order valence-corrected chi connectivity index (χ1v) is 9.37. The summed E-state index contributed by atoms with van der Waals surface area (Å²) in [5.41, 5.74) is 0.439. The Hall–Kier alpha value is -3.66. The van der Waals surface area contributed by atoms with Crippen LogP contribution in [0.3, 0.4) is 0 Å². The lowest BCUT2D eigenvalue weighted by Crippen LogP contribution is -2.33. The zero-order valence-electron chi connectivity index (χ0n) is 15.2. The highest BCUT2D eigenvalue weighted by atomic mass is 32.2. The maximum Gasteiger partial charge on any atom is 0.322 e. The molecule has 1 amide bonds. The summed E-state index contributed by atoms with van der Waals surface area (Å²) in [6, 6.07) is 7.25. The molecule has 4 rings (SSSR count). The number of pyridine rings is 2. The second-order valence-electron chi connectivity index (χ2n) is 6.25. The molecule has 10 heteroatoms. The topological polar surface area (TPSA) is 129 Å². The van der Waals surface area contributed by atoms with E-state index in [0.717, 1.165) is 21.2 Å². The number of aromatic nitrogens is 4. The van der Waals surface area contributed by atoms with Crippen molar-refractivity contribution >= 4 is 40.1 Å². The largest absolute Gasteiger partial charge is 0.480 e. The molecule has 0 saturated carbocycles.